The minimum absolute atomic E-state index is 0.0629. The number of ether oxygens (including phenoxy) is 3. The Morgan fingerprint density at radius 2 is 1.47 bits per heavy atom. The van der Waals surface area contributed by atoms with Crippen LogP contribution in [0.3, 0.4) is 0 Å². The molecule has 3 aliphatic rings. The molecule has 0 bridgehead atoms. The molecule has 1 atom stereocenters. The van der Waals surface area contributed by atoms with Crippen LogP contribution in [0.1, 0.15) is 39.3 Å². The molecular weight excluding hydrogens is 566 g/mol. The first-order valence-electron chi connectivity index (χ1n) is 14.8. The fourth-order valence-electron chi connectivity index (χ4n) is 6.86. The maximum atomic E-state index is 12.9. The van der Waals surface area contributed by atoms with E-state index in [1.54, 1.807) is 12.1 Å². The molecule has 0 saturated carbocycles. The summed E-state index contributed by atoms with van der Waals surface area (Å²) in [6, 6.07) is 35.5. The molecule has 8 rings (SSSR count). The summed E-state index contributed by atoms with van der Waals surface area (Å²) in [6.07, 6.45) is -0.658. The van der Waals surface area contributed by atoms with Gasteiger partial charge in [-0.3, -0.25) is 4.79 Å². The highest BCUT2D eigenvalue weighted by Gasteiger charge is 2.49. The van der Waals surface area contributed by atoms with Gasteiger partial charge in [0, 0.05) is 40.6 Å². The van der Waals surface area contributed by atoms with Crippen LogP contribution in [0.2, 0.25) is 0 Å². The van der Waals surface area contributed by atoms with Crippen molar-refractivity contribution in [2.75, 3.05) is 24.2 Å². The third-order valence-electron chi connectivity index (χ3n) is 8.83. The number of nitrogens with one attached hydrogen (secondary N) is 2. The van der Waals surface area contributed by atoms with Crippen LogP contribution < -0.4 is 21.1 Å². The number of fused-ring (bicyclic) bond motifs is 9. The van der Waals surface area contributed by atoms with Crippen LogP contribution in [0.25, 0.3) is 11.1 Å². The first-order chi connectivity index (χ1) is 22.0. The van der Waals surface area contributed by atoms with E-state index in [2.05, 4.69) is 47.0 Å². The van der Waals surface area contributed by atoms with Crippen LogP contribution in [-0.2, 0) is 26.5 Å². The Hall–Kier alpha value is -5.60. The predicted octanol–water partition coefficient (Wildman–Crippen LogP) is 6.67. The highest BCUT2D eigenvalue weighted by atomic mass is 16.5. The number of anilines is 2. The zero-order valence-corrected chi connectivity index (χ0v) is 24.2. The molecule has 0 fully saturated rings. The summed E-state index contributed by atoms with van der Waals surface area (Å²) in [5.74, 6) is 0.680. The van der Waals surface area contributed by atoms with E-state index < -0.39 is 17.6 Å². The van der Waals surface area contributed by atoms with Crippen molar-refractivity contribution in [2.24, 2.45) is 0 Å². The molecule has 5 aromatic rings. The Balaban J connectivity index is 0.956. The standard InChI is InChI=1S/C37H29N3O5/c38-23-13-15-31-33(17-23)45-34-18-24(14-16-32(34)37(31)30-12-6-1-7-22(30)20-44-37)40-35(41)19-39-36(42)43-21-29-27-10-4-2-8-25(27)26-9-3-5-11-28(26)29/h1-18,29H,19-21,38H2,(H,39,42)(H,40,41). The summed E-state index contributed by atoms with van der Waals surface area (Å²) < 4.78 is 18.4. The van der Waals surface area contributed by atoms with E-state index in [9.17, 15) is 9.59 Å². The van der Waals surface area contributed by atoms with Crippen LogP contribution in [0, 0.1) is 0 Å². The second-order valence-electron chi connectivity index (χ2n) is 11.4. The van der Waals surface area contributed by atoms with E-state index in [4.69, 9.17) is 19.9 Å². The average molecular weight is 596 g/mol. The predicted molar refractivity (Wildman–Crippen MR) is 170 cm³/mol. The zero-order chi connectivity index (χ0) is 30.5. The lowest BCUT2D eigenvalue weighted by Crippen LogP contribution is -2.34. The first kappa shape index (κ1) is 27.0. The van der Waals surface area contributed by atoms with Gasteiger partial charge in [0.2, 0.25) is 5.91 Å². The van der Waals surface area contributed by atoms with Gasteiger partial charge in [0.1, 0.15) is 24.7 Å². The van der Waals surface area contributed by atoms with Crippen molar-refractivity contribution in [2.45, 2.75) is 18.1 Å². The fourth-order valence-corrected chi connectivity index (χ4v) is 6.86. The average Bonchev–Trinajstić information content (AvgIpc) is 3.59. The fraction of sp³-hybridized carbons (Fsp3) is 0.135. The number of nitrogens with two attached hydrogens (primary N) is 1. The Kier molecular flexibility index (Phi) is 6.32. The van der Waals surface area contributed by atoms with Crippen LogP contribution in [0.15, 0.2) is 109 Å². The van der Waals surface area contributed by atoms with Crippen LogP contribution in [-0.4, -0.2) is 25.2 Å². The number of rotatable bonds is 5. The summed E-state index contributed by atoms with van der Waals surface area (Å²) in [6.45, 7) is 0.371. The van der Waals surface area contributed by atoms with Crippen molar-refractivity contribution >= 4 is 23.4 Å². The molecule has 0 radical (unpaired) electrons. The number of hydrogen-bond donors (Lipinski definition) is 3. The number of carbonyl (C=O) groups is 2. The van der Waals surface area contributed by atoms with E-state index in [0.717, 1.165) is 44.5 Å². The Morgan fingerprint density at radius 3 is 2.24 bits per heavy atom. The molecule has 0 saturated heterocycles. The van der Waals surface area contributed by atoms with E-state index >= 15 is 0 Å². The second-order valence-corrected chi connectivity index (χ2v) is 11.4. The third kappa shape index (κ3) is 4.41. The Labute approximate surface area is 259 Å². The molecule has 2 aliphatic heterocycles. The van der Waals surface area contributed by atoms with Gasteiger partial charge in [-0.15, -0.1) is 0 Å². The van der Waals surface area contributed by atoms with Crippen molar-refractivity contribution < 1.29 is 23.8 Å². The third-order valence-corrected chi connectivity index (χ3v) is 8.83. The lowest BCUT2D eigenvalue weighted by Gasteiger charge is -2.37. The van der Waals surface area contributed by atoms with Gasteiger partial charge in [-0.1, -0.05) is 72.8 Å². The molecule has 8 heteroatoms. The van der Waals surface area contributed by atoms with Gasteiger partial charge in [0.05, 0.1) is 6.61 Å². The summed E-state index contributed by atoms with van der Waals surface area (Å²) in [7, 11) is 0. The second kappa shape index (κ2) is 10.5. The minimum Gasteiger partial charge on any atom is -0.456 e. The van der Waals surface area contributed by atoms with Crippen molar-refractivity contribution in [3.63, 3.8) is 0 Å². The molecule has 1 unspecified atom stereocenters. The topological polar surface area (TPSA) is 112 Å². The number of hydrogen-bond acceptors (Lipinski definition) is 6. The summed E-state index contributed by atoms with van der Waals surface area (Å²) in [4.78, 5) is 25.5. The van der Waals surface area contributed by atoms with Crippen molar-refractivity contribution in [3.8, 4) is 22.6 Å². The van der Waals surface area contributed by atoms with E-state index in [1.807, 2.05) is 60.7 Å². The largest absolute Gasteiger partial charge is 0.456 e. The van der Waals surface area contributed by atoms with Crippen molar-refractivity contribution in [1.82, 2.24) is 5.32 Å². The highest BCUT2D eigenvalue weighted by Crippen LogP contribution is 2.56. The van der Waals surface area contributed by atoms with Gasteiger partial charge in [-0.05, 0) is 57.6 Å². The van der Waals surface area contributed by atoms with Crippen LogP contribution in [0.5, 0.6) is 11.5 Å². The molecule has 8 nitrogen and oxygen atoms in total. The maximum absolute atomic E-state index is 12.9. The normalized spacial score (nSPS) is 16.9. The number of nitrogen functional groups attached to an aromatic ring is 1. The zero-order valence-electron chi connectivity index (χ0n) is 24.2. The summed E-state index contributed by atoms with van der Waals surface area (Å²) in [5, 5.41) is 5.42. The quantitative estimate of drug-likeness (QED) is 0.196. The van der Waals surface area contributed by atoms with Gasteiger partial charge >= 0.3 is 6.09 Å². The number of amides is 2. The van der Waals surface area contributed by atoms with E-state index in [-0.39, 0.29) is 19.1 Å². The lowest BCUT2D eigenvalue weighted by molar-refractivity contribution is -0.115. The molecule has 222 valence electrons. The van der Waals surface area contributed by atoms with Gasteiger partial charge in [0.15, 0.2) is 5.60 Å². The van der Waals surface area contributed by atoms with Crippen LogP contribution >= 0.6 is 0 Å². The molecule has 4 N–H and O–H groups in total. The molecule has 5 aromatic carbocycles. The molecule has 0 aromatic heterocycles. The molecule has 2 heterocycles. The SMILES string of the molecule is Nc1ccc2c(c1)Oc1cc(NC(=O)CNC(=O)OCC3c4ccccc4-c4ccccc43)ccc1C21OCc2ccccc21. The van der Waals surface area contributed by atoms with E-state index in [1.165, 1.54) is 0 Å². The highest BCUT2D eigenvalue weighted by molar-refractivity contribution is 5.94. The van der Waals surface area contributed by atoms with Gasteiger partial charge in [-0.2, -0.15) is 0 Å². The Morgan fingerprint density at radius 1 is 0.800 bits per heavy atom. The molecule has 2 amide bonds. The number of alkyl carbamates (subject to hydrolysis) is 1. The first-order valence-corrected chi connectivity index (χ1v) is 14.8. The van der Waals surface area contributed by atoms with Gasteiger partial charge in [-0.25, -0.2) is 4.79 Å². The number of carbonyl (C=O) groups excluding carboxylic acids is 2. The lowest BCUT2D eigenvalue weighted by atomic mass is 9.77. The van der Waals surface area contributed by atoms with Crippen LogP contribution in [0.4, 0.5) is 16.2 Å². The summed E-state index contributed by atoms with van der Waals surface area (Å²) >= 11 is 0. The van der Waals surface area contributed by atoms with Gasteiger partial charge < -0.3 is 30.6 Å². The molecular formula is C37H29N3O5. The molecule has 45 heavy (non-hydrogen) atoms. The van der Waals surface area contributed by atoms with Gasteiger partial charge in [0.25, 0.3) is 0 Å². The molecule has 1 aliphatic carbocycles. The maximum Gasteiger partial charge on any atom is 0.407 e. The van der Waals surface area contributed by atoms with Crippen molar-refractivity contribution in [1.29, 1.82) is 0 Å². The minimum atomic E-state index is -0.860. The summed E-state index contributed by atoms with van der Waals surface area (Å²) in [5.41, 5.74) is 14.7. The van der Waals surface area contributed by atoms with E-state index in [0.29, 0.717) is 29.5 Å². The van der Waals surface area contributed by atoms with Crippen molar-refractivity contribution in [3.05, 3.63) is 143 Å². The monoisotopic (exact) mass is 595 g/mol. The smallest absolute Gasteiger partial charge is 0.407 e. The molecule has 1 spiro atoms. The number of benzene rings is 5. The Bertz CT molecular complexity index is 1960.